The highest BCUT2D eigenvalue weighted by molar-refractivity contribution is 7.89. The van der Waals surface area contributed by atoms with Gasteiger partial charge in [-0.1, -0.05) is 0 Å². The van der Waals surface area contributed by atoms with Crippen molar-refractivity contribution < 1.29 is 17.9 Å². The number of esters is 1. The summed E-state index contributed by atoms with van der Waals surface area (Å²) < 4.78 is 31.1. The van der Waals surface area contributed by atoms with Gasteiger partial charge >= 0.3 is 5.97 Å². The zero-order valence-electron chi connectivity index (χ0n) is 11.2. The maximum absolute atomic E-state index is 12.0. The summed E-state index contributed by atoms with van der Waals surface area (Å²) in [4.78, 5) is 15.2. The standard InChI is InChI=1S/C12H14N4O4S/c1-20-12(17)9-2-4-10(5-3-9)21(18,19)15-7-6-11-13-8-14-16-11/h2-5,8,15H,6-7H2,1H3,(H,13,14,16). The lowest BCUT2D eigenvalue weighted by Gasteiger charge is -2.06. The van der Waals surface area contributed by atoms with Crippen LogP contribution in [0.2, 0.25) is 0 Å². The minimum absolute atomic E-state index is 0.0766. The Hall–Kier alpha value is -2.26. The zero-order chi connectivity index (χ0) is 15.3. The number of H-pyrrole nitrogens is 1. The minimum atomic E-state index is -3.63. The molecule has 0 saturated heterocycles. The third kappa shape index (κ3) is 3.86. The summed E-state index contributed by atoms with van der Waals surface area (Å²) in [6, 6.07) is 5.50. The second kappa shape index (κ2) is 6.46. The lowest BCUT2D eigenvalue weighted by molar-refractivity contribution is 0.0600. The van der Waals surface area contributed by atoms with Crippen LogP contribution in [0.4, 0.5) is 0 Å². The smallest absolute Gasteiger partial charge is 0.337 e. The van der Waals surface area contributed by atoms with Gasteiger partial charge in [0.15, 0.2) is 0 Å². The molecule has 0 atom stereocenters. The van der Waals surface area contributed by atoms with Crippen LogP contribution in [0.25, 0.3) is 0 Å². The molecule has 0 aliphatic heterocycles. The van der Waals surface area contributed by atoms with Crippen LogP contribution in [-0.2, 0) is 21.2 Å². The number of aromatic amines is 1. The normalized spacial score (nSPS) is 11.3. The number of aromatic nitrogens is 3. The number of carbonyl (C=O) groups is 1. The molecule has 0 bridgehead atoms. The molecule has 1 aromatic heterocycles. The number of carbonyl (C=O) groups excluding carboxylic acids is 1. The fourth-order valence-corrected chi connectivity index (χ4v) is 2.66. The van der Waals surface area contributed by atoms with E-state index in [1.54, 1.807) is 0 Å². The Morgan fingerprint density at radius 3 is 2.62 bits per heavy atom. The van der Waals surface area contributed by atoms with E-state index in [2.05, 4.69) is 24.6 Å². The molecule has 0 radical (unpaired) electrons. The first-order valence-electron chi connectivity index (χ1n) is 6.05. The van der Waals surface area contributed by atoms with Gasteiger partial charge < -0.3 is 4.74 Å². The maximum Gasteiger partial charge on any atom is 0.337 e. The van der Waals surface area contributed by atoms with Gasteiger partial charge in [0.2, 0.25) is 10.0 Å². The molecular weight excluding hydrogens is 296 g/mol. The molecule has 0 amide bonds. The highest BCUT2D eigenvalue weighted by Gasteiger charge is 2.14. The van der Waals surface area contributed by atoms with Gasteiger partial charge in [0.05, 0.1) is 17.6 Å². The Bertz CT molecular complexity index is 695. The SMILES string of the molecule is COC(=O)c1ccc(S(=O)(=O)NCCc2ncn[nH]2)cc1. The monoisotopic (exact) mass is 310 g/mol. The molecule has 8 nitrogen and oxygen atoms in total. The number of nitrogens with zero attached hydrogens (tertiary/aromatic N) is 2. The van der Waals surface area contributed by atoms with Crippen LogP contribution in [0.1, 0.15) is 16.2 Å². The molecule has 112 valence electrons. The molecule has 0 saturated carbocycles. The Kier molecular flexibility index (Phi) is 4.66. The zero-order valence-corrected chi connectivity index (χ0v) is 12.1. The quantitative estimate of drug-likeness (QED) is 0.732. The van der Waals surface area contributed by atoms with Crippen molar-refractivity contribution in [2.24, 2.45) is 0 Å². The molecule has 0 aliphatic carbocycles. The molecule has 0 aliphatic rings. The van der Waals surface area contributed by atoms with Crippen molar-refractivity contribution in [3.63, 3.8) is 0 Å². The Labute approximate surface area is 121 Å². The third-order valence-electron chi connectivity index (χ3n) is 2.70. The second-order valence-corrected chi connectivity index (χ2v) is 5.86. The van der Waals surface area contributed by atoms with Gasteiger partial charge in [-0.15, -0.1) is 0 Å². The number of rotatable bonds is 6. The van der Waals surface area contributed by atoms with E-state index in [0.29, 0.717) is 12.2 Å². The van der Waals surface area contributed by atoms with Crippen molar-refractivity contribution >= 4 is 16.0 Å². The lowest BCUT2D eigenvalue weighted by atomic mass is 10.2. The summed E-state index contributed by atoms with van der Waals surface area (Å²) in [6.07, 6.45) is 1.76. The van der Waals surface area contributed by atoms with Crippen molar-refractivity contribution in [2.45, 2.75) is 11.3 Å². The minimum Gasteiger partial charge on any atom is -0.465 e. The number of hydrogen-bond donors (Lipinski definition) is 2. The maximum atomic E-state index is 12.0. The number of nitrogens with one attached hydrogen (secondary N) is 2. The van der Waals surface area contributed by atoms with Crippen LogP contribution in [0.3, 0.4) is 0 Å². The molecule has 0 unspecified atom stereocenters. The fourth-order valence-electron chi connectivity index (χ4n) is 1.63. The number of hydrogen-bond acceptors (Lipinski definition) is 6. The molecule has 1 heterocycles. The van der Waals surface area contributed by atoms with Gasteiger partial charge in [-0.3, -0.25) is 5.10 Å². The lowest BCUT2D eigenvalue weighted by Crippen LogP contribution is -2.26. The van der Waals surface area contributed by atoms with Crippen LogP contribution in [0, 0.1) is 0 Å². The van der Waals surface area contributed by atoms with E-state index >= 15 is 0 Å². The number of benzene rings is 1. The van der Waals surface area contributed by atoms with E-state index in [0.717, 1.165) is 0 Å². The number of sulfonamides is 1. The van der Waals surface area contributed by atoms with E-state index in [9.17, 15) is 13.2 Å². The largest absolute Gasteiger partial charge is 0.465 e. The van der Waals surface area contributed by atoms with Gasteiger partial charge in [0, 0.05) is 13.0 Å². The Balaban J connectivity index is 2.00. The second-order valence-electron chi connectivity index (χ2n) is 4.10. The highest BCUT2D eigenvalue weighted by atomic mass is 32.2. The van der Waals surface area contributed by atoms with Crippen LogP contribution < -0.4 is 4.72 Å². The van der Waals surface area contributed by atoms with Gasteiger partial charge in [-0.2, -0.15) is 5.10 Å². The molecule has 21 heavy (non-hydrogen) atoms. The van der Waals surface area contributed by atoms with Gasteiger partial charge in [-0.05, 0) is 24.3 Å². The molecule has 0 spiro atoms. The van der Waals surface area contributed by atoms with E-state index in [1.165, 1.54) is 37.7 Å². The molecule has 1 aromatic carbocycles. The van der Waals surface area contributed by atoms with Gasteiger partial charge in [0.25, 0.3) is 0 Å². The van der Waals surface area contributed by atoms with Crippen molar-refractivity contribution in [3.8, 4) is 0 Å². The van der Waals surface area contributed by atoms with E-state index in [-0.39, 0.29) is 17.0 Å². The summed E-state index contributed by atoms with van der Waals surface area (Å²) in [5.74, 6) is 0.0796. The summed E-state index contributed by atoms with van der Waals surface area (Å²) in [7, 11) is -2.36. The van der Waals surface area contributed by atoms with Crippen molar-refractivity contribution in [3.05, 3.63) is 42.0 Å². The molecule has 2 rings (SSSR count). The van der Waals surface area contributed by atoms with Crippen molar-refractivity contribution in [1.82, 2.24) is 19.9 Å². The average molecular weight is 310 g/mol. The summed E-state index contributed by atoms with van der Waals surface area (Å²) >= 11 is 0. The Morgan fingerprint density at radius 2 is 2.05 bits per heavy atom. The van der Waals surface area contributed by atoms with Crippen LogP contribution >= 0.6 is 0 Å². The van der Waals surface area contributed by atoms with Crippen molar-refractivity contribution in [2.75, 3.05) is 13.7 Å². The molecule has 2 aromatic rings. The molecular formula is C12H14N4O4S. The predicted octanol–water partition coefficient (Wildman–Crippen LogP) is 0.112. The highest BCUT2D eigenvalue weighted by Crippen LogP contribution is 2.11. The van der Waals surface area contributed by atoms with Crippen LogP contribution in [0.5, 0.6) is 0 Å². The first-order chi connectivity index (χ1) is 10.0. The molecule has 9 heteroatoms. The third-order valence-corrected chi connectivity index (χ3v) is 4.18. The van der Waals surface area contributed by atoms with Gasteiger partial charge in [-0.25, -0.2) is 22.9 Å². The van der Waals surface area contributed by atoms with Crippen LogP contribution in [0.15, 0.2) is 35.5 Å². The molecule has 0 fully saturated rings. The van der Waals surface area contributed by atoms with E-state index in [1.807, 2.05) is 0 Å². The fraction of sp³-hybridized carbons (Fsp3) is 0.250. The summed E-state index contributed by atoms with van der Waals surface area (Å²) in [6.45, 7) is 0.191. The predicted molar refractivity (Wildman–Crippen MR) is 73.1 cm³/mol. The van der Waals surface area contributed by atoms with E-state index in [4.69, 9.17) is 0 Å². The molecule has 2 N–H and O–H groups in total. The summed E-state index contributed by atoms with van der Waals surface area (Å²) in [5, 5.41) is 6.31. The summed E-state index contributed by atoms with van der Waals surface area (Å²) in [5.41, 5.74) is 0.290. The first-order valence-corrected chi connectivity index (χ1v) is 7.53. The Morgan fingerprint density at radius 1 is 1.33 bits per heavy atom. The number of methoxy groups -OCH3 is 1. The van der Waals surface area contributed by atoms with Crippen molar-refractivity contribution in [1.29, 1.82) is 0 Å². The average Bonchev–Trinajstić information content (AvgIpc) is 2.99. The topological polar surface area (TPSA) is 114 Å². The van der Waals surface area contributed by atoms with Crippen LogP contribution in [-0.4, -0.2) is 43.2 Å². The van der Waals surface area contributed by atoms with Gasteiger partial charge in [0.1, 0.15) is 12.2 Å². The number of ether oxygens (including phenoxy) is 1. The van der Waals surface area contributed by atoms with E-state index < -0.39 is 16.0 Å². The first kappa shape index (κ1) is 15.1.